The minimum atomic E-state index is -0.309. The molecule has 0 N–H and O–H groups in total. The number of aromatic nitrogens is 2. The third-order valence-electron chi connectivity index (χ3n) is 3.48. The van der Waals surface area contributed by atoms with Gasteiger partial charge in [-0.25, -0.2) is 9.07 Å². The van der Waals surface area contributed by atoms with Gasteiger partial charge in [0.15, 0.2) is 0 Å². The normalized spacial score (nSPS) is 11.2. The highest BCUT2D eigenvalue weighted by molar-refractivity contribution is 9.10. The van der Waals surface area contributed by atoms with E-state index in [2.05, 4.69) is 26.2 Å². The molecule has 1 aromatic heterocycles. The van der Waals surface area contributed by atoms with Gasteiger partial charge in [-0.2, -0.15) is 5.10 Å². The Balaban J connectivity index is 1.60. The lowest BCUT2D eigenvalue weighted by Gasteiger charge is -2.03. The molecule has 1 heterocycles. The molecule has 0 aliphatic rings. The highest BCUT2D eigenvalue weighted by Crippen LogP contribution is 2.19. The molecule has 7 heteroatoms. The van der Waals surface area contributed by atoms with Crippen molar-refractivity contribution in [3.63, 3.8) is 0 Å². The molecular formula is C18H14BrClFN3O. The van der Waals surface area contributed by atoms with Crippen LogP contribution in [0.2, 0.25) is 5.15 Å². The predicted molar refractivity (Wildman–Crippen MR) is 99.3 cm³/mol. The van der Waals surface area contributed by atoms with Crippen LogP contribution in [-0.4, -0.2) is 16.0 Å². The molecular weight excluding hydrogens is 409 g/mol. The highest BCUT2D eigenvalue weighted by atomic mass is 79.9. The lowest BCUT2D eigenvalue weighted by Crippen LogP contribution is -2.01. The molecule has 3 aromatic rings. The van der Waals surface area contributed by atoms with E-state index in [0.717, 1.165) is 11.1 Å². The van der Waals surface area contributed by atoms with Gasteiger partial charge in [-0.15, -0.1) is 0 Å². The van der Waals surface area contributed by atoms with Gasteiger partial charge in [0.25, 0.3) is 0 Å². The number of benzene rings is 2. The fourth-order valence-electron chi connectivity index (χ4n) is 2.18. The van der Waals surface area contributed by atoms with Gasteiger partial charge in [-0.3, -0.25) is 0 Å². The maximum absolute atomic E-state index is 13.0. The van der Waals surface area contributed by atoms with Gasteiger partial charge >= 0.3 is 0 Å². The van der Waals surface area contributed by atoms with Crippen molar-refractivity contribution in [2.75, 3.05) is 0 Å². The van der Waals surface area contributed by atoms with Crippen LogP contribution in [-0.2, 0) is 18.0 Å². The van der Waals surface area contributed by atoms with E-state index in [4.69, 9.17) is 16.4 Å². The summed E-state index contributed by atoms with van der Waals surface area (Å²) in [5.41, 5.74) is 2.56. The van der Waals surface area contributed by atoms with E-state index in [0.29, 0.717) is 21.7 Å². The Hall–Kier alpha value is -2.18. The van der Waals surface area contributed by atoms with Gasteiger partial charge in [0.2, 0.25) is 0 Å². The highest BCUT2D eigenvalue weighted by Gasteiger charge is 2.07. The van der Waals surface area contributed by atoms with Crippen molar-refractivity contribution in [1.29, 1.82) is 0 Å². The van der Waals surface area contributed by atoms with Crippen molar-refractivity contribution < 1.29 is 9.23 Å². The molecule has 0 unspecified atom stereocenters. The van der Waals surface area contributed by atoms with Gasteiger partial charge in [-0.05, 0) is 17.7 Å². The molecule has 0 amide bonds. The summed E-state index contributed by atoms with van der Waals surface area (Å²) in [5.74, 6) is -0.309. The maximum atomic E-state index is 13.0. The van der Waals surface area contributed by atoms with Crippen molar-refractivity contribution in [3.8, 4) is 0 Å². The summed E-state index contributed by atoms with van der Waals surface area (Å²) in [6, 6.07) is 14.3. The van der Waals surface area contributed by atoms with Gasteiger partial charge in [0.05, 0.1) is 24.5 Å². The number of rotatable bonds is 6. The molecule has 0 fully saturated rings. The summed E-state index contributed by atoms with van der Waals surface area (Å²) in [7, 11) is 0. The summed E-state index contributed by atoms with van der Waals surface area (Å²) in [6.07, 6.45) is 3.14. The zero-order valence-electron chi connectivity index (χ0n) is 13.1. The fraction of sp³-hybridized carbons (Fsp3) is 0.111. The predicted octanol–water partition coefficient (Wildman–Crippen LogP) is 5.04. The van der Waals surface area contributed by atoms with E-state index in [1.807, 2.05) is 30.3 Å². The van der Waals surface area contributed by atoms with Crippen LogP contribution in [0.15, 0.2) is 64.4 Å². The van der Waals surface area contributed by atoms with E-state index < -0.39 is 0 Å². The van der Waals surface area contributed by atoms with Crippen molar-refractivity contribution in [2.45, 2.75) is 13.2 Å². The van der Waals surface area contributed by atoms with E-state index in [1.165, 1.54) is 18.3 Å². The third-order valence-corrected chi connectivity index (χ3v) is 4.63. The average molecular weight is 423 g/mol. The molecule has 0 aliphatic heterocycles. The SMILES string of the molecule is Fc1ccc(CO/N=C/c2cnn(Cc3ccccc3)c2Cl)c(Br)c1. The molecule has 0 spiro atoms. The smallest absolute Gasteiger partial charge is 0.143 e. The molecule has 0 saturated carbocycles. The zero-order chi connectivity index (χ0) is 17.6. The lowest BCUT2D eigenvalue weighted by atomic mass is 10.2. The minimum Gasteiger partial charge on any atom is -0.391 e. The molecule has 4 nitrogen and oxygen atoms in total. The largest absolute Gasteiger partial charge is 0.391 e. The number of nitrogens with zero attached hydrogens (tertiary/aromatic N) is 3. The average Bonchev–Trinajstić information content (AvgIpc) is 2.94. The van der Waals surface area contributed by atoms with Gasteiger partial charge in [0, 0.05) is 10.0 Å². The van der Waals surface area contributed by atoms with Crippen molar-refractivity contribution >= 4 is 33.7 Å². The molecule has 25 heavy (non-hydrogen) atoms. The molecule has 0 radical (unpaired) electrons. The summed E-state index contributed by atoms with van der Waals surface area (Å²) < 4.78 is 15.4. The second kappa shape index (κ2) is 8.27. The Morgan fingerprint density at radius 3 is 2.80 bits per heavy atom. The van der Waals surface area contributed by atoms with Crippen molar-refractivity contribution in [3.05, 3.63) is 86.9 Å². The monoisotopic (exact) mass is 421 g/mol. The van der Waals surface area contributed by atoms with Crippen LogP contribution >= 0.6 is 27.5 Å². The fourth-order valence-corrected chi connectivity index (χ4v) is 2.84. The second-order valence-electron chi connectivity index (χ2n) is 5.28. The first kappa shape index (κ1) is 17.6. The van der Waals surface area contributed by atoms with E-state index >= 15 is 0 Å². The van der Waals surface area contributed by atoms with Crippen LogP contribution in [0.4, 0.5) is 4.39 Å². The quantitative estimate of drug-likeness (QED) is 0.412. The Morgan fingerprint density at radius 2 is 2.04 bits per heavy atom. The van der Waals surface area contributed by atoms with Crippen LogP contribution in [0.1, 0.15) is 16.7 Å². The Morgan fingerprint density at radius 1 is 1.24 bits per heavy atom. The molecule has 0 atom stereocenters. The standard InChI is InChI=1S/C18H14BrClFN3O/c19-17-8-16(21)7-6-14(17)12-25-23-10-15-9-22-24(18(15)20)11-13-4-2-1-3-5-13/h1-10H,11-12H2/b23-10+. The first-order valence-electron chi connectivity index (χ1n) is 7.48. The van der Waals surface area contributed by atoms with Crippen molar-refractivity contribution in [2.24, 2.45) is 5.16 Å². The summed E-state index contributed by atoms with van der Waals surface area (Å²) in [6.45, 7) is 0.796. The van der Waals surface area contributed by atoms with E-state index in [9.17, 15) is 4.39 Å². The molecule has 0 bridgehead atoms. The molecule has 2 aromatic carbocycles. The second-order valence-corrected chi connectivity index (χ2v) is 6.49. The molecule has 0 saturated heterocycles. The van der Waals surface area contributed by atoms with Gasteiger partial charge < -0.3 is 4.84 Å². The van der Waals surface area contributed by atoms with Gasteiger partial charge in [-0.1, -0.05) is 69.1 Å². The van der Waals surface area contributed by atoms with Crippen LogP contribution in [0, 0.1) is 5.82 Å². The Labute approximate surface area is 158 Å². The van der Waals surface area contributed by atoms with Crippen molar-refractivity contribution in [1.82, 2.24) is 9.78 Å². The number of hydrogen-bond acceptors (Lipinski definition) is 3. The first-order valence-corrected chi connectivity index (χ1v) is 8.65. The Bertz CT molecular complexity index is 883. The van der Waals surface area contributed by atoms with Crippen LogP contribution in [0.3, 0.4) is 0 Å². The number of hydrogen-bond donors (Lipinski definition) is 0. The summed E-state index contributed by atoms with van der Waals surface area (Å²) >= 11 is 9.60. The summed E-state index contributed by atoms with van der Waals surface area (Å²) in [5, 5.41) is 8.65. The topological polar surface area (TPSA) is 39.4 Å². The molecule has 128 valence electrons. The zero-order valence-corrected chi connectivity index (χ0v) is 15.4. The first-order chi connectivity index (χ1) is 12.1. The number of halogens is 3. The lowest BCUT2D eigenvalue weighted by molar-refractivity contribution is 0.131. The molecule has 3 rings (SSSR count). The van der Waals surface area contributed by atoms with Crippen LogP contribution in [0.5, 0.6) is 0 Å². The summed E-state index contributed by atoms with van der Waals surface area (Å²) in [4.78, 5) is 5.25. The minimum absolute atomic E-state index is 0.215. The van der Waals surface area contributed by atoms with E-state index in [1.54, 1.807) is 16.9 Å². The maximum Gasteiger partial charge on any atom is 0.143 e. The van der Waals surface area contributed by atoms with Gasteiger partial charge in [0.1, 0.15) is 17.6 Å². The van der Waals surface area contributed by atoms with E-state index in [-0.39, 0.29) is 12.4 Å². The number of oxime groups is 1. The van der Waals surface area contributed by atoms with Crippen LogP contribution in [0.25, 0.3) is 0 Å². The van der Waals surface area contributed by atoms with Crippen LogP contribution < -0.4 is 0 Å². The Kier molecular flexibility index (Phi) is 5.83. The molecule has 0 aliphatic carbocycles. The third kappa shape index (κ3) is 4.67.